The van der Waals surface area contributed by atoms with E-state index in [9.17, 15) is 15.0 Å². The summed E-state index contributed by atoms with van der Waals surface area (Å²) in [5, 5.41) is 19.1. The molecule has 19 heavy (non-hydrogen) atoms. The third-order valence-corrected chi connectivity index (χ3v) is 3.12. The zero-order valence-electron chi connectivity index (χ0n) is 10.8. The number of pyridine rings is 1. The van der Waals surface area contributed by atoms with Gasteiger partial charge in [-0.2, -0.15) is 0 Å². The van der Waals surface area contributed by atoms with Crippen LogP contribution in [0.15, 0.2) is 18.3 Å². The molecule has 2 rings (SSSR count). The van der Waals surface area contributed by atoms with E-state index < -0.39 is 12.2 Å². The Labute approximate surface area is 111 Å². The topological polar surface area (TPSA) is 82.9 Å². The molecule has 0 saturated carbocycles. The van der Waals surface area contributed by atoms with Crippen molar-refractivity contribution < 1.29 is 19.7 Å². The van der Waals surface area contributed by atoms with Crippen molar-refractivity contribution in [2.24, 2.45) is 0 Å². The van der Waals surface area contributed by atoms with Crippen molar-refractivity contribution in [3.05, 3.63) is 23.9 Å². The highest BCUT2D eigenvalue weighted by atomic mass is 16.5. The Balaban J connectivity index is 2.15. The third-order valence-electron chi connectivity index (χ3n) is 3.12. The summed E-state index contributed by atoms with van der Waals surface area (Å²) in [5.74, 6) is 0.0677. The van der Waals surface area contributed by atoms with Crippen LogP contribution >= 0.6 is 0 Å². The number of aromatic nitrogens is 1. The van der Waals surface area contributed by atoms with E-state index in [4.69, 9.17) is 4.74 Å². The van der Waals surface area contributed by atoms with Crippen molar-refractivity contribution in [1.29, 1.82) is 0 Å². The highest BCUT2D eigenvalue weighted by Gasteiger charge is 2.30. The molecule has 1 aliphatic rings. The van der Waals surface area contributed by atoms with Crippen molar-refractivity contribution in [3.63, 3.8) is 0 Å². The number of β-amino-alcohol motifs (C(OH)–C–C–N with tert-alkyl or cyclic N) is 1. The second kappa shape index (κ2) is 5.99. The number of piperidine rings is 1. The molecule has 0 spiro atoms. The summed E-state index contributed by atoms with van der Waals surface area (Å²) in [6, 6.07) is 3.32. The van der Waals surface area contributed by atoms with Crippen molar-refractivity contribution in [1.82, 2.24) is 9.88 Å². The van der Waals surface area contributed by atoms with Crippen LogP contribution in [0.5, 0.6) is 5.88 Å². The molecule has 6 heteroatoms. The van der Waals surface area contributed by atoms with E-state index >= 15 is 0 Å². The number of carbonyl (C=O) groups excluding carboxylic acids is 1. The zero-order chi connectivity index (χ0) is 13.8. The fourth-order valence-electron chi connectivity index (χ4n) is 2.08. The fraction of sp³-hybridized carbons (Fsp3) is 0.538. The van der Waals surface area contributed by atoms with Gasteiger partial charge in [-0.1, -0.05) is 0 Å². The SMILES string of the molecule is CCOc1ncccc1C(=O)N1CC[C@@H](O)[C@H](O)C1. The van der Waals surface area contributed by atoms with Crippen molar-refractivity contribution in [3.8, 4) is 5.88 Å². The molecular weight excluding hydrogens is 248 g/mol. The Morgan fingerprint density at radius 3 is 3.00 bits per heavy atom. The minimum Gasteiger partial charge on any atom is -0.477 e. The highest BCUT2D eigenvalue weighted by Crippen LogP contribution is 2.20. The number of hydrogen-bond acceptors (Lipinski definition) is 5. The first kappa shape index (κ1) is 13.8. The lowest BCUT2D eigenvalue weighted by Gasteiger charge is -2.33. The Morgan fingerprint density at radius 1 is 1.53 bits per heavy atom. The molecule has 0 bridgehead atoms. The lowest BCUT2D eigenvalue weighted by Crippen LogP contribution is -2.49. The number of carbonyl (C=O) groups is 1. The number of aliphatic hydroxyl groups excluding tert-OH is 2. The summed E-state index contributed by atoms with van der Waals surface area (Å²) in [5.41, 5.74) is 0.382. The van der Waals surface area contributed by atoms with Crippen LogP contribution in [-0.2, 0) is 0 Å². The van der Waals surface area contributed by atoms with E-state index in [0.29, 0.717) is 31.0 Å². The molecule has 0 aromatic carbocycles. The van der Waals surface area contributed by atoms with Crippen LogP contribution in [0.3, 0.4) is 0 Å². The van der Waals surface area contributed by atoms with Crippen LogP contribution < -0.4 is 4.74 Å². The maximum Gasteiger partial charge on any atom is 0.259 e. The summed E-state index contributed by atoms with van der Waals surface area (Å²) in [7, 11) is 0. The van der Waals surface area contributed by atoms with Gasteiger partial charge in [-0.15, -0.1) is 0 Å². The highest BCUT2D eigenvalue weighted by molar-refractivity contribution is 5.96. The fourth-order valence-corrected chi connectivity index (χ4v) is 2.08. The van der Waals surface area contributed by atoms with Gasteiger partial charge in [-0.05, 0) is 25.5 Å². The van der Waals surface area contributed by atoms with Gasteiger partial charge in [-0.25, -0.2) is 4.98 Å². The van der Waals surface area contributed by atoms with Gasteiger partial charge in [0.05, 0.1) is 18.8 Å². The number of likely N-dealkylation sites (tertiary alicyclic amines) is 1. The lowest BCUT2D eigenvalue weighted by molar-refractivity contribution is -0.0322. The number of nitrogens with zero attached hydrogens (tertiary/aromatic N) is 2. The third kappa shape index (κ3) is 3.02. The molecule has 0 aliphatic carbocycles. The maximum atomic E-state index is 12.4. The molecule has 6 nitrogen and oxygen atoms in total. The summed E-state index contributed by atoms with van der Waals surface area (Å²) in [6.45, 7) is 2.79. The van der Waals surface area contributed by atoms with E-state index in [1.54, 1.807) is 18.3 Å². The zero-order valence-corrected chi connectivity index (χ0v) is 10.8. The van der Waals surface area contributed by atoms with E-state index in [2.05, 4.69) is 4.98 Å². The predicted octanol–water partition coefficient (Wildman–Crippen LogP) is 0.0480. The summed E-state index contributed by atoms with van der Waals surface area (Å²) >= 11 is 0. The predicted molar refractivity (Wildman–Crippen MR) is 67.9 cm³/mol. The Morgan fingerprint density at radius 2 is 2.32 bits per heavy atom. The van der Waals surface area contributed by atoms with Crippen LogP contribution in [0.25, 0.3) is 0 Å². The second-order valence-corrected chi connectivity index (χ2v) is 4.46. The van der Waals surface area contributed by atoms with Crippen molar-refractivity contribution in [2.75, 3.05) is 19.7 Å². The minimum absolute atomic E-state index is 0.125. The van der Waals surface area contributed by atoms with Gasteiger partial charge in [0, 0.05) is 19.3 Å². The molecule has 104 valence electrons. The quantitative estimate of drug-likeness (QED) is 0.807. The summed E-state index contributed by atoms with van der Waals surface area (Å²) in [4.78, 5) is 17.9. The van der Waals surface area contributed by atoms with Gasteiger partial charge in [0.2, 0.25) is 5.88 Å². The van der Waals surface area contributed by atoms with E-state index in [1.165, 1.54) is 4.90 Å². The summed E-state index contributed by atoms with van der Waals surface area (Å²) < 4.78 is 5.33. The molecule has 1 fully saturated rings. The van der Waals surface area contributed by atoms with E-state index in [0.717, 1.165) is 0 Å². The van der Waals surface area contributed by atoms with Gasteiger partial charge in [-0.3, -0.25) is 4.79 Å². The molecule has 2 N–H and O–H groups in total. The number of amides is 1. The average molecular weight is 266 g/mol. The standard InChI is InChI=1S/C13H18N2O4/c1-2-19-12-9(4-3-6-14-12)13(18)15-7-5-10(16)11(17)8-15/h3-4,6,10-11,16-17H,2,5,7-8H2,1H3/t10-,11-/m1/s1. The number of ether oxygens (including phenoxy) is 1. The number of hydrogen-bond donors (Lipinski definition) is 2. The van der Waals surface area contributed by atoms with Gasteiger partial charge < -0.3 is 19.8 Å². The van der Waals surface area contributed by atoms with Gasteiger partial charge >= 0.3 is 0 Å². The largest absolute Gasteiger partial charge is 0.477 e. The first-order valence-electron chi connectivity index (χ1n) is 6.36. The molecule has 2 atom stereocenters. The Hall–Kier alpha value is -1.66. The molecule has 1 amide bonds. The first-order valence-corrected chi connectivity index (χ1v) is 6.36. The van der Waals surface area contributed by atoms with Crippen molar-refractivity contribution >= 4 is 5.91 Å². The van der Waals surface area contributed by atoms with E-state index in [1.807, 2.05) is 6.92 Å². The maximum absolute atomic E-state index is 12.4. The van der Waals surface area contributed by atoms with Gasteiger partial charge in [0.25, 0.3) is 5.91 Å². The van der Waals surface area contributed by atoms with Crippen LogP contribution in [0.4, 0.5) is 0 Å². The molecular formula is C13H18N2O4. The van der Waals surface area contributed by atoms with Gasteiger partial charge in [0.15, 0.2) is 0 Å². The minimum atomic E-state index is -0.898. The molecule has 0 radical (unpaired) electrons. The lowest BCUT2D eigenvalue weighted by atomic mass is 10.0. The van der Waals surface area contributed by atoms with Gasteiger partial charge in [0.1, 0.15) is 5.56 Å². The Bertz CT molecular complexity index is 452. The van der Waals surface area contributed by atoms with Crippen LogP contribution in [0.1, 0.15) is 23.7 Å². The second-order valence-electron chi connectivity index (χ2n) is 4.46. The normalized spacial score (nSPS) is 23.2. The molecule has 1 saturated heterocycles. The first-order chi connectivity index (χ1) is 9.13. The smallest absolute Gasteiger partial charge is 0.259 e. The van der Waals surface area contributed by atoms with Crippen LogP contribution in [0, 0.1) is 0 Å². The molecule has 0 unspecified atom stereocenters. The molecule has 1 aromatic heterocycles. The molecule has 2 heterocycles. The van der Waals surface area contributed by atoms with Crippen LogP contribution in [-0.4, -0.2) is 57.9 Å². The average Bonchev–Trinajstić information content (AvgIpc) is 2.42. The molecule has 1 aliphatic heterocycles. The van der Waals surface area contributed by atoms with Crippen molar-refractivity contribution in [2.45, 2.75) is 25.6 Å². The van der Waals surface area contributed by atoms with Crippen LogP contribution in [0.2, 0.25) is 0 Å². The monoisotopic (exact) mass is 266 g/mol. The van der Waals surface area contributed by atoms with E-state index in [-0.39, 0.29) is 12.5 Å². The number of rotatable bonds is 3. The summed E-state index contributed by atoms with van der Waals surface area (Å²) in [6.07, 6.45) is 0.280. The number of aliphatic hydroxyl groups is 2. The molecule has 1 aromatic rings. The Kier molecular flexibility index (Phi) is 4.34.